The van der Waals surface area contributed by atoms with Gasteiger partial charge in [-0.05, 0) is 43.7 Å². The van der Waals surface area contributed by atoms with Gasteiger partial charge < -0.3 is 9.88 Å². The first-order chi connectivity index (χ1) is 10.4. The van der Waals surface area contributed by atoms with E-state index >= 15 is 0 Å². The molecule has 3 rings (SSSR count). The van der Waals surface area contributed by atoms with Gasteiger partial charge in [0.05, 0.1) is 11.9 Å². The third-order valence-electron chi connectivity index (χ3n) is 3.87. The summed E-state index contributed by atoms with van der Waals surface area (Å²) in [5.41, 5.74) is 3.08. The van der Waals surface area contributed by atoms with Crippen molar-refractivity contribution in [2.24, 2.45) is 0 Å². The molecule has 0 atom stereocenters. The van der Waals surface area contributed by atoms with E-state index in [4.69, 9.17) is 0 Å². The lowest BCUT2D eigenvalue weighted by Gasteiger charge is -2.17. The Morgan fingerprint density at radius 3 is 3.05 bits per heavy atom. The first kappa shape index (κ1) is 13.6. The molecular weight excluding hydrogens is 262 g/mol. The minimum atomic E-state index is 0.665. The van der Waals surface area contributed by atoms with Crippen LogP contribution < -0.4 is 5.32 Å². The summed E-state index contributed by atoms with van der Waals surface area (Å²) >= 11 is 0. The zero-order valence-electron chi connectivity index (χ0n) is 12.0. The maximum atomic E-state index is 9.28. The molecule has 108 valence electrons. The average molecular weight is 281 g/mol. The molecule has 0 radical (unpaired) electrons. The maximum Gasteiger partial charge on any atom is 0.144 e. The molecule has 0 spiro atoms. The molecule has 5 heteroatoms. The van der Waals surface area contributed by atoms with Gasteiger partial charge in [0.1, 0.15) is 11.9 Å². The number of aryl methyl sites for hydroxylation is 3. The minimum absolute atomic E-state index is 0.665. The van der Waals surface area contributed by atoms with Gasteiger partial charge in [-0.15, -0.1) is 0 Å². The first-order valence-electron chi connectivity index (χ1n) is 7.49. The summed E-state index contributed by atoms with van der Waals surface area (Å²) in [7, 11) is 0. The van der Waals surface area contributed by atoms with Gasteiger partial charge in [0.2, 0.25) is 0 Å². The molecular formula is C16H19N5. The second-order valence-corrected chi connectivity index (χ2v) is 5.39. The average Bonchev–Trinajstić information content (AvgIpc) is 3.04. The van der Waals surface area contributed by atoms with Crippen molar-refractivity contribution in [1.82, 2.24) is 14.5 Å². The van der Waals surface area contributed by atoms with Crippen LogP contribution in [-0.2, 0) is 19.4 Å². The Balaban J connectivity index is 1.63. The molecule has 2 aromatic heterocycles. The molecule has 5 nitrogen and oxygen atoms in total. The van der Waals surface area contributed by atoms with Crippen LogP contribution in [0.25, 0.3) is 0 Å². The van der Waals surface area contributed by atoms with E-state index in [1.54, 1.807) is 6.20 Å². The molecule has 1 aliphatic rings. The highest BCUT2D eigenvalue weighted by Gasteiger charge is 2.14. The predicted octanol–water partition coefficient (Wildman–Crippen LogP) is 2.53. The monoisotopic (exact) mass is 281 g/mol. The Kier molecular flexibility index (Phi) is 4.15. The highest BCUT2D eigenvalue weighted by atomic mass is 15.0. The highest BCUT2D eigenvalue weighted by molar-refractivity contribution is 5.54. The molecule has 1 N–H and O–H groups in total. The number of nitriles is 1. The summed E-state index contributed by atoms with van der Waals surface area (Å²) in [4.78, 5) is 8.69. The third-order valence-corrected chi connectivity index (χ3v) is 3.87. The number of rotatable bonds is 5. The molecule has 21 heavy (non-hydrogen) atoms. The molecule has 0 fully saturated rings. The number of aromatic nitrogens is 3. The summed E-state index contributed by atoms with van der Waals surface area (Å²) in [6.07, 6.45) is 11.0. The fourth-order valence-electron chi connectivity index (χ4n) is 2.74. The van der Waals surface area contributed by atoms with Crippen LogP contribution in [0.5, 0.6) is 0 Å². The molecule has 2 heterocycles. The smallest absolute Gasteiger partial charge is 0.144 e. The summed E-state index contributed by atoms with van der Waals surface area (Å²) in [6.45, 7) is 1.72. The van der Waals surface area contributed by atoms with Crippen LogP contribution in [-0.4, -0.2) is 21.1 Å². The summed E-state index contributed by atoms with van der Waals surface area (Å²) in [5, 5.41) is 12.6. The Morgan fingerprint density at radius 2 is 2.24 bits per heavy atom. The van der Waals surface area contributed by atoms with Gasteiger partial charge in [-0.3, -0.25) is 0 Å². The van der Waals surface area contributed by atoms with E-state index in [0.29, 0.717) is 5.56 Å². The van der Waals surface area contributed by atoms with Crippen LogP contribution in [0.3, 0.4) is 0 Å². The van der Waals surface area contributed by atoms with Gasteiger partial charge in [-0.2, -0.15) is 5.26 Å². The molecule has 0 amide bonds. The zero-order chi connectivity index (χ0) is 14.5. The van der Waals surface area contributed by atoms with Crippen molar-refractivity contribution in [2.45, 2.75) is 38.6 Å². The quantitative estimate of drug-likeness (QED) is 0.855. The number of nitrogens with one attached hydrogen (secondary N) is 1. The summed E-state index contributed by atoms with van der Waals surface area (Å²) in [6, 6.07) is 4.27. The topological polar surface area (TPSA) is 66.5 Å². The SMILES string of the molecule is N#Cc1cc2c(nc1NCCCn1ccnc1)CCCC2. The lowest BCUT2D eigenvalue weighted by atomic mass is 9.95. The minimum Gasteiger partial charge on any atom is -0.369 e. The summed E-state index contributed by atoms with van der Waals surface area (Å²) in [5.74, 6) is 0.740. The van der Waals surface area contributed by atoms with Crippen molar-refractivity contribution in [3.8, 4) is 6.07 Å². The molecule has 0 bridgehead atoms. The van der Waals surface area contributed by atoms with Gasteiger partial charge in [-0.1, -0.05) is 0 Å². The van der Waals surface area contributed by atoms with E-state index in [2.05, 4.69) is 21.4 Å². The number of fused-ring (bicyclic) bond motifs is 1. The second kappa shape index (κ2) is 6.40. The van der Waals surface area contributed by atoms with Gasteiger partial charge in [0.15, 0.2) is 0 Å². The van der Waals surface area contributed by atoms with Crippen molar-refractivity contribution in [2.75, 3.05) is 11.9 Å². The van der Waals surface area contributed by atoms with Crippen molar-refractivity contribution in [1.29, 1.82) is 5.26 Å². The lowest BCUT2D eigenvalue weighted by Crippen LogP contribution is -2.12. The normalized spacial score (nSPS) is 13.5. The number of hydrogen-bond donors (Lipinski definition) is 1. The molecule has 2 aromatic rings. The highest BCUT2D eigenvalue weighted by Crippen LogP contribution is 2.24. The van der Waals surface area contributed by atoms with Crippen molar-refractivity contribution in [3.05, 3.63) is 41.6 Å². The van der Waals surface area contributed by atoms with E-state index in [-0.39, 0.29) is 0 Å². The fraction of sp³-hybridized carbons (Fsp3) is 0.438. The largest absolute Gasteiger partial charge is 0.369 e. The van der Waals surface area contributed by atoms with Crippen LogP contribution >= 0.6 is 0 Å². The lowest BCUT2D eigenvalue weighted by molar-refractivity contribution is 0.655. The van der Waals surface area contributed by atoms with Crippen molar-refractivity contribution in [3.63, 3.8) is 0 Å². The van der Waals surface area contributed by atoms with Crippen LogP contribution in [0.1, 0.15) is 36.1 Å². The fourth-order valence-corrected chi connectivity index (χ4v) is 2.74. The van der Waals surface area contributed by atoms with Crippen LogP contribution in [0.4, 0.5) is 5.82 Å². The molecule has 0 saturated carbocycles. The number of nitrogens with zero attached hydrogens (tertiary/aromatic N) is 4. The zero-order valence-corrected chi connectivity index (χ0v) is 12.0. The Labute approximate surface area is 124 Å². The van der Waals surface area contributed by atoms with Gasteiger partial charge >= 0.3 is 0 Å². The van der Waals surface area contributed by atoms with E-state index in [1.165, 1.54) is 18.4 Å². The second-order valence-electron chi connectivity index (χ2n) is 5.39. The number of hydrogen-bond acceptors (Lipinski definition) is 4. The van der Waals surface area contributed by atoms with E-state index in [0.717, 1.165) is 43.9 Å². The Morgan fingerprint density at radius 1 is 1.33 bits per heavy atom. The first-order valence-corrected chi connectivity index (χ1v) is 7.49. The Hall–Kier alpha value is -2.35. The van der Waals surface area contributed by atoms with Gasteiger partial charge in [0, 0.05) is 31.2 Å². The molecule has 0 aromatic carbocycles. The predicted molar refractivity (Wildman–Crippen MR) is 80.9 cm³/mol. The summed E-state index contributed by atoms with van der Waals surface area (Å²) < 4.78 is 2.05. The van der Waals surface area contributed by atoms with Crippen molar-refractivity contribution >= 4 is 5.82 Å². The molecule has 0 saturated heterocycles. The van der Waals surface area contributed by atoms with E-state index in [9.17, 15) is 5.26 Å². The number of anilines is 1. The van der Waals surface area contributed by atoms with Crippen LogP contribution in [0, 0.1) is 11.3 Å². The molecule has 0 aliphatic heterocycles. The van der Waals surface area contributed by atoms with Crippen LogP contribution in [0.2, 0.25) is 0 Å². The Bertz CT molecular complexity index is 639. The number of pyridine rings is 1. The van der Waals surface area contributed by atoms with Gasteiger partial charge in [0.25, 0.3) is 0 Å². The van der Waals surface area contributed by atoms with Crippen molar-refractivity contribution < 1.29 is 0 Å². The maximum absolute atomic E-state index is 9.28. The van der Waals surface area contributed by atoms with Gasteiger partial charge in [-0.25, -0.2) is 9.97 Å². The molecule has 0 unspecified atom stereocenters. The van der Waals surface area contributed by atoms with Crippen LogP contribution in [0.15, 0.2) is 24.8 Å². The van der Waals surface area contributed by atoms with E-state index in [1.807, 2.05) is 23.2 Å². The number of imidazole rings is 1. The third kappa shape index (κ3) is 3.22. The standard InChI is InChI=1S/C16H19N5/c17-11-14-10-13-4-1-2-5-15(13)20-16(14)19-6-3-8-21-9-7-18-12-21/h7,9-10,12H,1-6,8H2,(H,19,20). The van der Waals surface area contributed by atoms with E-state index < -0.39 is 0 Å². The molecule has 1 aliphatic carbocycles.